The molecule has 1 aliphatic rings. The first-order chi connectivity index (χ1) is 9.74. The molecule has 0 fully saturated rings. The fourth-order valence-corrected chi connectivity index (χ4v) is 2.76. The first-order valence-corrected chi connectivity index (χ1v) is 7.42. The highest BCUT2D eigenvalue weighted by Crippen LogP contribution is 2.33. The van der Waals surface area contributed by atoms with Gasteiger partial charge in [0.2, 0.25) is 0 Å². The molecular formula is C16H16BrNO2. The average molecular weight is 334 g/mol. The molecule has 1 heterocycles. The molecule has 0 aromatic heterocycles. The SMILES string of the molecule is NC(Cc1ccccc1Br)c1ccc2c(c1)OCCO2. The number of fused-ring (bicyclic) bond motifs is 1. The van der Waals surface area contributed by atoms with E-state index in [-0.39, 0.29) is 6.04 Å². The zero-order chi connectivity index (χ0) is 13.9. The van der Waals surface area contributed by atoms with Crippen LogP contribution in [0.15, 0.2) is 46.9 Å². The van der Waals surface area contributed by atoms with Gasteiger partial charge in [0.15, 0.2) is 11.5 Å². The minimum Gasteiger partial charge on any atom is -0.486 e. The van der Waals surface area contributed by atoms with Crippen molar-refractivity contribution in [3.63, 3.8) is 0 Å². The van der Waals surface area contributed by atoms with Gasteiger partial charge in [0.25, 0.3) is 0 Å². The van der Waals surface area contributed by atoms with Crippen molar-refractivity contribution in [1.29, 1.82) is 0 Å². The van der Waals surface area contributed by atoms with Gasteiger partial charge in [-0.05, 0) is 35.7 Å². The van der Waals surface area contributed by atoms with Gasteiger partial charge in [0, 0.05) is 10.5 Å². The zero-order valence-electron chi connectivity index (χ0n) is 11.0. The molecule has 0 bridgehead atoms. The molecule has 4 heteroatoms. The van der Waals surface area contributed by atoms with Gasteiger partial charge >= 0.3 is 0 Å². The molecule has 0 aliphatic carbocycles. The van der Waals surface area contributed by atoms with Crippen molar-refractivity contribution in [2.24, 2.45) is 5.73 Å². The van der Waals surface area contributed by atoms with Crippen molar-refractivity contribution in [1.82, 2.24) is 0 Å². The first kappa shape index (κ1) is 13.5. The van der Waals surface area contributed by atoms with Crippen LogP contribution in [0.3, 0.4) is 0 Å². The standard InChI is InChI=1S/C16H16BrNO2/c17-13-4-2-1-3-11(13)9-14(18)12-5-6-15-16(10-12)20-8-7-19-15/h1-6,10,14H,7-9,18H2. The van der Waals surface area contributed by atoms with E-state index in [1.165, 1.54) is 5.56 Å². The molecule has 2 aromatic carbocycles. The van der Waals surface area contributed by atoms with Gasteiger partial charge in [-0.2, -0.15) is 0 Å². The van der Waals surface area contributed by atoms with Crippen LogP contribution in [-0.2, 0) is 6.42 Å². The second kappa shape index (κ2) is 5.85. The average Bonchev–Trinajstić information content (AvgIpc) is 2.49. The van der Waals surface area contributed by atoms with Crippen LogP contribution in [0, 0.1) is 0 Å². The molecule has 3 rings (SSSR count). The second-order valence-corrected chi connectivity index (χ2v) is 5.66. The fraction of sp³-hybridized carbons (Fsp3) is 0.250. The Balaban J connectivity index is 1.80. The van der Waals surface area contributed by atoms with Gasteiger partial charge in [-0.15, -0.1) is 0 Å². The lowest BCUT2D eigenvalue weighted by Gasteiger charge is -2.20. The maximum Gasteiger partial charge on any atom is 0.161 e. The van der Waals surface area contributed by atoms with Gasteiger partial charge in [-0.25, -0.2) is 0 Å². The molecule has 20 heavy (non-hydrogen) atoms. The summed E-state index contributed by atoms with van der Waals surface area (Å²) in [6.07, 6.45) is 0.779. The maximum absolute atomic E-state index is 6.31. The predicted octanol–water partition coefficient (Wildman–Crippen LogP) is 3.46. The van der Waals surface area contributed by atoms with Crippen molar-refractivity contribution in [2.75, 3.05) is 13.2 Å². The van der Waals surface area contributed by atoms with E-state index >= 15 is 0 Å². The summed E-state index contributed by atoms with van der Waals surface area (Å²) in [5.41, 5.74) is 8.58. The molecule has 0 saturated carbocycles. The van der Waals surface area contributed by atoms with Crippen LogP contribution in [0.25, 0.3) is 0 Å². The van der Waals surface area contributed by atoms with Crippen LogP contribution in [0.5, 0.6) is 11.5 Å². The Morgan fingerprint density at radius 3 is 2.60 bits per heavy atom. The van der Waals surface area contributed by atoms with Crippen molar-refractivity contribution < 1.29 is 9.47 Å². The first-order valence-electron chi connectivity index (χ1n) is 6.62. The van der Waals surface area contributed by atoms with E-state index in [9.17, 15) is 0 Å². The molecule has 104 valence electrons. The third-order valence-electron chi connectivity index (χ3n) is 3.39. The highest BCUT2D eigenvalue weighted by atomic mass is 79.9. The predicted molar refractivity (Wildman–Crippen MR) is 82.2 cm³/mol. The van der Waals surface area contributed by atoms with Gasteiger partial charge in [-0.3, -0.25) is 0 Å². The normalized spacial score (nSPS) is 14.9. The van der Waals surface area contributed by atoms with E-state index in [0.29, 0.717) is 13.2 Å². The lowest BCUT2D eigenvalue weighted by atomic mass is 9.99. The molecule has 0 amide bonds. The monoisotopic (exact) mass is 333 g/mol. The van der Waals surface area contributed by atoms with Crippen LogP contribution in [0.4, 0.5) is 0 Å². The minimum absolute atomic E-state index is 0.0653. The molecule has 0 spiro atoms. The lowest BCUT2D eigenvalue weighted by Crippen LogP contribution is -2.17. The van der Waals surface area contributed by atoms with Gasteiger partial charge < -0.3 is 15.2 Å². The zero-order valence-corrected chi connectivity index (χ0v) is 12.6. The number of hydrogen-bond donors (Lipinski definition) is 1. The summed E-state index contributed by atoms with van der Waals surface area (Å²) in [5.74, 6) is 1.59. The van der Waals surface area contributed by atoms with E-state index < -0.39 is 0 Å². The van der Waals surface area contributed by atoms with Gasteiger partial charge in [0.05, 0.1) is 0 Å². The molecule has 1 unspecified atom stereocenters. The summed E-state index contributed by atoms with van der Waals surface area (Å²) < 4.78 is 12.2. The summed E-state index contributed by atoms with van der Waals surface area (Å²) >= 11 is 3.56. The van der Waals surface area contributed by atoms with Crippen molar-refractivity contribution in [3.8, 4) is 11.5 Å². The third-order valence-corrected chi connectivity index (χ3v) is 4.17. The van der Waals surface area contributed by atoms with E-state index in [2.05, 4.69) is 22.0 Å². The summed E-state index contributed by atoms with van der Waals surface area (Å²) in [5, 5.41) is 0. The minimum atomic E-state index is -0.0653. The molecule has 0 saturated heterocycles. The lowest BCUT2D eigenvalue weighted by molar-refractivity contribution is 0.171. The Hall–Kier alpha value is -1.52. The molecule has 2 N–H and O–H groups in total. The van der Waals surface area contributed by atoms with Crippen LogP contribution in [-0.4, -0.2) is 13.2 Å². The molecule has 0 radical (unpaired) electrons. The highest BCUT2D eigenvalue weighted by Gasteiger charge is 2.15. The second-order valence-electron chi connectivity index (χ2n) is 4.81. The molecule has 1 aliphatic heterocycles. The highest BCUT2D eigenvalue weighted by molar-refractivity contribution is 9.10. The van der Waals surface area contributed by atoms with Crippen LogP contribution >= 0.6 is 15.9 Å². The number of halogens is 1. The largest absolute Gasteiger partial charge is 0.486 e. The number of nitrogens with two attached hydrogens (primary N) is 1. The number of benzene rings is 2. The van der Waals surface area contributed by atoms with Crippen molar-refractivity contribution in [2.45, 2.75) is 12.5 Å². The summed E-state index contributed by atoms with van der Waals surface area (Å²) in [7, 11) is 0. The van der Waals surface area contributed by atoms with E-state index in [1.54, 1.807) is 0 Å². The van der Waals surface area contributed by atoms with Crippen LogP contribution in [0.2, 0.25) is 0 Å². The van der Waals surface area contributed by atoms with Crippen molar-refractivity contribution in [3.05, 3.63) is 58.1 Å². The Kier molecular flexibility index (Phi) is 3.94. The van der Waals surface area contributed by atoms with E-state index in [1.807, 2.05) is 36.4 Å². The number of rotatable bonds is 3. The topological polar surface area (TPSA) is 44.5 Å². The Morgan fingerprint density at radius 1 is 1.05 bits per heavy atom. The maximum atomic E-state index is 6.31. The smallest absolute Gasteiger partial charge is 0.161 e. The molecular weight excluding hydrogens is 318 g/mol. The van der Waals surface area contributed by atoms with Crippen molar-refractivity contribution >= 4 is 15.9 Å². The van der Waals surface area contributed by atoms with E-state index in [0.717, 1.165) is 28.0 Å². The third kappa shape index (κ3) is 2.81. The fourth-order valence-electron chi connectivity index (χ4n) is 2.31. The molecule has 1 atom stereocenters. The van der Waals surface area contributed by atoms with Gasteiger partial charge in [0.1, 0.15) is 13.2 Å². The molecule has 3 nitrogen and oxygen atoms in total. The van der Waals surface area contributed by atoms with Gasteiger partial charge in [-0.1, -0.05) is 40.2 Å². The Labute approximate surface area is 126 Å². The van der Waals surface area contributed by atoms with E-state index in [4.69, 9.17) is 15.2 Å². The number of ether oxygens (including phenoxy) is 2. The van der Waals surface area contributed by atoms with Crippen LogP contribution < -0.4 is 15.2 Å². The summed E-state index contributed by atoms with van der Waals surface area (Å²) in [6, 6.07) is 14.0. The summed E-state index contributed by atoms with van der Waals surface area (Å²) in [4.78, 5) is 0. The molecule has 2 aromatic rings. The quantitative estimate of drug-likeness (QED) is 0.935. The van der Waals surface area contributed by atoms with Crippen LogP contribution in [0.1, 0.15) is 17.2 Å². The Morgan fingerprint density at radius 2 is 1.80 bits per heavy atom. The summed E-state index contributed by atoms with van der Waals surface area (Å²) in [6.45, 7) is 1.20. The number of hydrogen-bond acceptors (Lipinski definition) is 3. The Bertz CT molecular complexity index is 615.